The van der Waals surface area contributed by atoms with Gasteiger partial charge in [0, 0.05) is 18.6 Å². The lowest BCUT2D eigenvalue weighted by Crippen LogP contribution is -2.15. The van der Waals surface area contributed by atoms with Gasteiger partial charge in [0.15, 0.2) is 0 Å². The minimum Gasteiger partial charge on any atom is -0.319 e. The van der Waals surface area contributed by atoms with Crippen LogP contribution in [0.25, 0.3) is 5.65 Å². The number of hydrogen-bond donors (Lipinski definition) is 1. The van der Waals surface area contributed by atoms with Gasteiger partial charge in [0.2, 0.25) is 0 Å². The maximum atomic E-state index is 6.38. The molecule has 3 heterocycles. The van der Waals surface area contributed by atoms with Gasteiger partial charge < -0.3 is 10.1 Å². The molecule has 19 heavy (non-hydrogen) atoms. The van der Waals surface area contributed by atoms with Crippen LogP contribution >= 0.6 is 0 Å². The molecule has 0 saturated heterocycles. The summed E-state index contributed by atoms with van der Waals surface area (Å²) in [5.41, 5.74) is 11.5. The average molecular weight is 252 g/mol. The van der Waals surface area contributed by atoms with Crippen LogP contribution in [0.1, 0.15) is 28.6 Å². The molecule has 0 amide bonds. The molecule has 0 bridgehead atoms. The lowest BCUT2D eigenvalue weighted by molar-refractivity contribution is 0.799. The van der Waals surface area contributed by atoms with Crippen LogP contribution in [0, 0.1) is 13.8 Å². The van der Waals surface area contributed by atoms with E-state index in [1.807, 2.05) is 31.3 Å². The van der Waals surface area contributed by atoms with Crippen molar-refractivity contribution < 1.29 is 0 Å². The van der Waals surface area contributed by atoms with Gasteiger partial charge in [0.25, 0.3) is 0 Å². The highest BCUT2D eigenvalue weighted by atomic mass is 15.0. The standard InChI is InChI=1S/C15H16N4/c1-10-5-4-8-19-14(11(2)18-15(10)19)13(16)12-6-3-7-17-9-12/h3-9,13H,16H2,1-2H3. The molecule has 96 valence electrons. The molecule has 0 aromatic carbocycles. The molecule has 3 aromatic heterocycles. The summed E-state index contributed by atoms with van der Waals surface area (Å²) in [5, 5.41) is 0. The molecule has 2 N–H and O–H groups in total. The first-order valence-corrected chi connectivity index (χ1v) is 6.28. The van der Waals surface area contributed by atoms with Crippen molar-refractivity contribution in [2.24, 2.45) is 5.73 Å². The van der Waals surface area contributed by atoms with Gasteiger partial charge in [-0.15, -0.1) is 0 Å². The lowest BCUT2D eigenvalue weighted by atomic mass is 10.1. The Labute approximate surface area is 111 Å². The molecule has 0 radical (unpaired) electrons. The summed E-state index contributed by atoms with van der Waals surface area (Å²) in [6.45, 7) is 4.05. The summed E-state index contributed by atoms with van der Waals surface area (Å²) < 4.78 is 2.07. The van der Waals surface area contributed by atoms with Crippen molar-refractivity contribution in [2.75, 3.05) is 0 Å². The molecule has 0 spiro atoms. The monoisotopic (exact) mass is 252 g/mol. The number of aryl methyl sites for hydroxylation is 2. The first kappa shape index (κ1) is 11.9. The van der Waals surface area contributed by atoms with E-state index >= 15 is 0 Å². The highest BCUT2D eigenvalue weighted by Crippen LogP contribution is 2.24. The van der Waals surface area contributed by atoms with E-state index in [2.05, 4.69) is 27.4 Å². The van der Waals surface area contributed by atoms with E-state index < -0.39 is 0 Å². The summed E-state index contributed by atoms with van der Waals surface area (Å²) in [5.74, 6) is 0. The minimum absolute atomic E-state index is 0.217. The second kappa shape index (κ2) is 4.48. The van der Waals surface area contributed by atoms with E-state index in [-0.39, 0.29) is 6.04 Å². The first-order chi connectivity index (χ1) is 9.18. The summed E-state index contributed by atoms with van der Waals surface area (Å²) in [7, 11) is 0. The SMILES string of the molecule is Cc1nc2c(C)cccn2c1C(N)c1cccnc1. The zero-order chi connectivity index (χ0) is 13.4. The van der Waals surface area contributed by atoms with Crippen molar-refractivity contribution in [3.63, 3.8) is 0 Å². The zero-order valence-corrected chi connectivity index (χ0v) is 11.0. The number of aromatic nitrogens is 3. The highest BCUT2D eigenvalue weighted by molar-refractivity contribution is 5.51. The van der Waals surface area contributed by atoms with Crippen molar-refractivity contribution in [3.8, 4) is 0 Å². The Kier molecular flexibility index (Phi) is 2.80. The molecule has 0 fully saturated rings. The van der Waals surface area contributed by atoms with Crippen molar-refractivity contribution in [3.05, 3.63) is 65.4 Å². The molecular weight excluding hydrogens is 236 g/mol. The summed E-state index contributed by atoms with van der Waals surface area (Å²) in [6, 6.07) is 7.75. The summed E-state index contributed by atoms with van der Waals surface area (Å²) in [4.78, 5) is 8.76. The van der Waals surface area contributed by atoms with Crippen LogP contribution in [-0.2, 0) is 0 Å². The normalized spacial score (nSPS) is 12.8. The zero-order valence-electron chi connectivity index (χ0n) is 11.0. The number of nitrogens with zero attached hydrogens (tertiary/aromatic N) is 3. The topological polar surface area (TPSA) is 56.2 Å². The smallest absolute Gasteiger partial charge is 0.140 e. The Morgan fingerprint density at radius 2 is 2.05 bits per heavy atom. The molecule has 1 unspecified atom stereocenters. The third-order valence-corrected chi connectivity index (χ3v) is 3.40. The number of imidazole rings is 1. The van der Waals surface area contributed by atoms with E-state index in [0.29, 0.717) is 0 Å². The minimum atomic E-state index is -0.217. The van der Waals surface area contributed by atoms with Crippen molar-refractivity contribution in [1.82, 2.24) is 14.4 Å². The Balaban J connectivity index is 2.20. The number of fused-ring (bicyclic) bond motifs is 1. The molecule has 4 heteroatoms. The largest absolute Gasteiger partial charge is 0.319 e. The number of hydrogen-bond acceptors (Lipinski definition) is 3. The van der Waals surface area contributed by atoms with Gasteiger partial charge in [0.1, 0.15) is 5.65 Å². The molecular formula is C15H16N4. The first-order valence-electron chi connectivity index (χ1n) is 6.28. The Bertz CT molecular complexity index is 716. The van der Waals surface area contributed by atoms with Gasteiger partial charge in [-0.1, -0.05) is 12.1 Å². The molecule has 3 rings (SSSR count). The van der Waals surface area contributed by atoms with E-state index in [1.54, 1.807) is 12.4 Å². The maximum Gasteiger partial charge on any atom is 0.140 e. The van der Waals surface area contributed by atoms with Gasteiger partial charge in [-0.3, -0.25) is 4.98 Å². The molecule has 0 aliphatic rings. The third-order valence-electron chi connectivity index (χ3n) is 3.40. The van der Waals surface area contributed by atoms with Crippen LogP contribution in [0.3, 0.4) is 0 Å². The third kappa shape index (κ3) is 1.90. The van der Waals surface area contributed by atoms with Crippen LogP contribution in [0.2, 0.25) is 0 Å². The van der Waals surface area contributed by atoms with Gasteiger partial charge in [-0.25, -0.2) is 4.98 Å². The van der Waals surface area contributed by atoms with Gasteiger partial charge >= 0.3 is 0 Å². The average Bonchev–Trinajstić information content (AvgIpc) is 2.77. The van der Waals surface area contributed by atoms with E-state index in [0.717, 1.165) is 28.2 Å². The lowest BCUT2D eigenvalue weighted by Gasteiger charge is -2.12. The molecule has 1 atom stereocenters. The van der Waals surface area contributed by atoms with Gasteiger partial charge in [0.05, 0.1) is 17.4 Å². The quantitative estimate of drug-likeness (QED) is 0.762. The van der Waals surface area contributed by atoms with Gasteiger partial charge in [-0.2, -0.15) is 0 Å². The Morgan fingerprint density at radius 3 is 2.79 bits per heavy atom. The summed E-state index contributed by atoms with van der Waals surface area (Å²) in [6.07, 6.45) is 5.56. The second-order valence-corrected chi connectivity index (χ2v) is 4.73. The van der Waals surface area contributed by atoms with Crippen LogP contribution in [0.5, 0.6) is 0 Å². The van der Waals surface area contributed by atoms with Crippen LogP contribution in [-0.4, -0.2) is 14.4 Å². The number of nitrogens with two attached hydrogens (primary N) is 1. The van der Waals surface area contributed by atoms with E-state index in [1.165, 1.54) is 0 Å². The predicted molar refractivity (Wildman–Crippen MR) is 74.9 cm³/mol. The fourth-order valence-electron chi connectivity index (χ4n) is 2.43. The van der Waals surface area contributed by atoms with Crippen molar-refractivity contribution in [1.29, 1.82) is 0 Å². The van der Waals surface area contributed by atoms with Crippen molar-refractivity contribution >= 4 is 5.65 Å². The molecule has 0 aliphatic carbocycles. The molecule has 0 aliphatic heterocycles. The van der Waals surface area contributed by atoms with Crippen molar-refractivity contribution in [2.45, 2.75) is 19.9 Å². The molecule has 4 nitrogen and oxygen atoms in total. The predicted octanol–water partition coefficient (Wildman–Crippen LogP) is 2.39. The maximum absolute atomic E-state index is 6.38. The van der Waals surface area contributed by atoms with Crippen LogP contribution in [0.15, 0.2) is 42.9 Å². The van der Waals surface area contributed by atoms with Crippen LogP contribution in [0.4, 0.5) is 0 Å². The molecule has 0 saturated carbocycles. The van der Waals surface area contributed by atoms with E-state index in [4.69, 9.17) is 5.73 Å². The second-order valence-electron chi connectivity index (χ2n) is 4.73. The number of pyridine rings is 2. The molecule has 3 aromatic rings. The Hall–Kier alpha value is -2.20. The Morgan fingerprint density at radius 1 is 1.21 bits per heavy atom. The fourth-order valence-corrected chi connectivity index (χ4v) is 2.43. The van der Waals surface area contributed by atoms with E-state index in [9.17, 15) is 0 Å². The van der Waals surface area contributed by atoms with Crippen LogP contribution < -0.4 is 5.73 Å². The fraction of sp³-hybridized carbons (Fsp3) is 0.200. The summed E-state index contributed by atoms with van der Waals surface area (Å²) >= 11 is 0. The number of rotatable bonds is 2. The highest BCUT2D eigenvalue weighted by Gasteiger charge is 2.18. The van der Waals surface area contributed by atoms with Gasteiger partial charge in [-0.05, 0) is 37.1 Å².